The van der Waals surface area contributed by atoms with Crippen molar-refractivity contribution in [1.82, 2.24) is 15.2 Å². The molecule has 5 heteroatoms. The van der Waals surface area contributed by atoms with E-state index in [-0.39, 0.29) is 12.3 Å². The Morgan fingerprint density at radius 2 is 1.32 bits per heavy atom. The van der Waals surface area contributed by atoms with Crippen LogP contribution in [-0.4, -0.2) is 4.57 Å². The smallest absolute Gasteiger partial charge is 0.136 e. The molecule has 0 amide bonds. The Morgan fingerprint density at radius 3 is 2.18 bits per heavy atom. The summed E-state index contributed by atoms with van der Waals surface area (Å²) in [5, 5.41) is 12.2. The summed E-state index contributed by atoms with van der Waals surface area (Å²) >= 11 is 0. The third-order valence-electron chi connectivity index (χ3n) is 11.2. The molecule has 10 rings (SSSR count). The quantitative estimate of drug-likeness (QED) is 0.123. The minimum absolute atomic E-state index is 0.139. The van der Waals surface area contributed by atoms with Crippen molar-refractivity contribution in [2.75, 3.05) is 0 Å². The molecule has 9 aromatic rings. The van der Waals surface area contributed by atoms with Gasteiger partial charge in [-0.2, -0.15) is 0 Å². The molecular weight excluding hydrogens is 685 g/mol. The van der Waals surface area contributed by atoms with Crippen LogP contribution in [0.5, 0.6) is 0 Å². The maximum absolute atomic E-state index is 6.66. The molecule has 7 aromatic carbocycles. The second-order valence-corrected chi connectivity index (χ2v) is 14.7. The van der Waals surface area contributed by atoms with Gasteiger partial charge >= 0.3 is 0 Å². The van der Waals surface area contributed by atoms with Crippen LogP contribution in [-0.2, 0) is 6.54 Å². The number of allylic oxidation sites excluding steroid dienone is 4. The number of nitrogens with one attached hydrogen (secondary N) is 2. The average molecular weight is 727 g/mol. The van der Waals surface area contributed by atoms with Gasteiger partial charge in [-0.05, 0) is 94.3 Å². The van der Waals surface area contributed by atoms with Crippen LogP contribution in [0.25, 0.3) is 66.1 Å². The first kappa shape index (κ1) is 34.0. The van der Waals surface area contributed by atoms with Gasteiger partial charge in [0.05, 0.1) is 23.4 Å². The van der Waals surface area contributed by atoms with Crippen molar-refractivity contribution >= 4 is 55.0 Å². The molecule has 5 nitrogen and oxygen atoms in total. The zero-order valence-electron chi connectivity index (χ0n) is 31.0. The minimum Gasteiger partial charge on any atom is -0.456 e. The van der Waals surface area contributed by atoms with E-state index in [1.807, 2.05) is 36.4 Å². The first-order chi connectivity index (χ1) is 27.7. The molecule has 2 heterocycles. The molecular formula is C51H42N4O. The van der Waals surface area contributed by atoms with Crippen LogP contribution in [0, 0.1) is 0 Å². The number of furan rings is 1. The van der Waals surface area contributed by atoms with Crippen molar-refractivity contribution in [1.29, 1.82) is 0 Å². The summed E-state index contributed by atoms with van der Waals surface area (Å²) in [6.07, 6.45) is 6.21. The van der Waals surface area contributed by atoms with Crippen LogP contribution < -0.4 is 16.4 Å². The lowest BCUT2D eigenvalue weighted by Crippen LogP contribution is -2.39. The number of hydrogen-bond acceptors (Lipinski definition) is 4. The van der Waals surface area contributed by atoms with Crippen LogP contribution >= 0.6 is 0 Å². The van der Waals surface area contributed by atoms with Crippen LogP contribution in [0.2, 0.25) is 0 Å². The van der Waals surface area contributed by atoms with Crippen LogP contribution in [0.3, 0.4) is 0 Å². The van der Waals surface area contributed by atoms with Crippen molar-refractivity contribution in [2.45, 2.75) is 31.7 Å². The lowest BCUT2D eigenvalue weighted by atomic mass is 9.96. The molecule has 1 aliphatic rings. The van der Waals surface area contributed by atoms with E-state index >= 15 is 0 Å². The minimum atomic E-state index is -0.318. The summed E-state index contributed by atoms with van der Waals surface area (Å²) in [4.78, 5) is 0. The predicted octanol–water partition coefficient (Wildman–Crippen LogP) is 12.1. The molecule has 56 heavy (non-hydrogen) atoms. The molecule has 0 radical (unpaired) electrons. The van der Waals surface area contributed by atoms with Gasteiger partial charge < -0.3 is 14.7 Å². The van der Waals surface area contributed by atoms with Gasteiger partial charge in [-0.1, -0.05) is 140 Å². The van der Waals surface area contributed by atoms with E-state index < -0.39 is 0 Å². The van der Waals surface area contributed by atoms with Gasteiger partial charge in [0.1, 0.15) is 11.2 Å². The van der Waals surface area contributed by atoms with Gasteiger partial charge in [0, 0.05) is 33.8 Å². The van der Waals surface area contributed by atoms with E-state index in [0.717, 1.165) is 45.9 Å². The Hall–Kier alpha value is -6.50. The van der Waals surface area contributed by atoms with Gasteiger partial charge in [-0.15, -0.1) is 0 Å². The first-order valence-corrected chi connectivity index (χ1v) is 19.5. The third kappa shape index (κ3) is 6.32. The summed E-state index contributed by atoms with van der Waals surface area (Å²) in [6, 6.07) is 60.0. The van der Waals surface area contributed by atoms with Crippen LogP contribution in [0.4, 0.5) is 0 Å². The van der Waals surface area contributed by atoms with Gasteiger partial charge in [0.25, 0.3) is 0 Å². The fraction of sp³-hybridized carbons (Fsp3) is 0.0980. The van der Waals surface area contributed by atoms with Crippen molar-refractivity contribution in [2.24, 2.45) is 5.73 Å². The lowest BCUT2D eigenvalue weighted by Gasteiger charge is -2.25. The number of aromatic nitrogens is 1. The molecule has 2 atom stereocenters. The van der Waals surface area contributed by atoms with E-state index in [9.17, 15) is 0 Å². The first-order valence-electron chi connectivity index (χ1n) is 19.5. The largest absolute Gasteiger partial charge is 0.456 e. The van der Waals surface area contributed by atoms with Gasteiger partial charge in [-0.25, -0.2) is 0 Å². The van der Waals surface area contributed by atoms with Crippen molar-refractivity contribution in [3.05, 3.63) is 204 Å². The number of rotatable bonds is 10. The van der Waals surface area contributed by atoms with Crippen LogP contribution in [0.15, 0.2) is 186 Å². The Morgan fingerprint density at radius 1 is 0.607 bits per heavy atom. The highest BCUT2D eigenvalue weighted by Gasteiger charge is 2.20. The second kappa shape index (κ2) is 14.6. The van der Waals surface area contributed by atoms with E-state index in [0.29, 0.717) is 6.54 Å². The monoisotopic (exact) mass is 726 g/mol. The molecule has 0 saturated carbocycles. The molecule has 0 saturated heterocycles. The number of hydrogen-bond donors (Lipinski definition) is 3. The average Bonchev–Trinajstić information content (AvgIpc) is 3.81. The maximum Gasteiger partial charge on any atom is 0.136 e. The maximum atomic E-state index is 6.66. The van der Waals surface area contributed by atoms with Crippen molar-refractivity contribution in [3.8, 4) is 11.1 Å². The van der Waals surface area contributed by atoms with E-state index in [2.05, 4.69) is 161 Å². The highest BCUT2D eigenvalue weighted by atomic mass is 16.3. The summed E-state index contributed by atoms with van der Waals surface area (Å²) in [7, 11) is 0. The number of para-hydroxylation sites is 2. The van der Waals surface area contributed by atoms with Crippen LogP contribution in [0.1, 0.15) is 47.4 Å². The Bertz CT molecular complexity index is 2920. The van der Waals surface area contributed by atoms with Crippen molar-refractivity contribution < 1.29 is 4.42 Å². The van der Waals surface area contributed by atoms with Gasteiger partial charge in [-0.3, -0.25) is 10.6 Å². The van der Waals surface area contributed by atoms with Gasteiger partial charge in [0.15, 0.2) is 0 Å². The second-order valence-electron chi connectivity index (χ2n) is 14.7. The van der Waals surface area contributed by atoms with E-state index in [1.165, 1.54) is 55.3 Å². The molecule has 0 bridgehead atoms. The molecule has 0 fully saturated rings. The number of nitrogens with two attached hydrogens (primary N) is 1. The Labute approximate surface area is 326 Å². The predicted molar refractivity (Wildman–Crippen MR) is 233 cm³/mol. The Balaban J connectivity index is 0.984. The lowest BCUT2D eigenvalue weighted by molar-refractivity contribution is 0.386. The van der Waals surface area contributed by atoms with E-state index in [1.54, 1.807) is 0 Å². The zero-order chi connectivity index (χ0) is 37.4. The van der Waals surface area contributed by atoms with Crippen molar-refractivity contribution in [3.63, 3.8) is 0 Å². The van der Waals surface area contributed by atoms with E-state index in [4.69, 9.17) is 10.2 Å². The zero-order valence-corrected chi connectivity index (χ0v) is 31.0. The molecule has 2 aromatic heterocycles. The fourth-order valence-electron chi connectivity index (χ4n) is 8.46. The summed E-state index contributed by atoms with van der Waals surface area (Å²) in [5.74, 6) is 0. The van der Waals surface area contributed by atoms with Gasteiger partial charge in [0.2, 0.25) is 0 Å². The number of benzene rings is 7. The SMILES string of the molecule is NC(NC(NCc1cccc(-c2cccc3c2c2ccccc2n3C2=CC(c3ccc4c(c3)oc3ccccc34)=CCC2)c1)c1ccccc1)c1ccccc1. The molecule has 2 unspecified atom stereocenters. The highest BCUT2D eigenvalue weighted by Crippen LogP contribution is 2.41. The molecule has 0 aliphatic heterocycles. The Kier molecular flexibility index (Phi) is 8.89. The molecule has 272 valence electrons. The highest BCUT2D eigenvalue weighted by molar-refractivity contribution is 6.16. The molecule has 4 N–H and O–H groups in total. The molecule has 0 spiro atoms. The normalized spacial score (nSPS) is 14.3. The third-order valence-corrected chi connectivity index (χ3v) is 11.2. The fourth-order valence-corrected chi connectivity index (χ4v) is 8.46. The standard InChI is InChI=1S/C51H42N4O/c52-50(35-15-3-1-4-16-35)54-51(36-17-5-2-6-18-36)53-33-34-14-11-20-39(30-34)41-24-13-26-46-49(41)44-23-7-9-25-45(44)55(46)40-21-12-19-37(31-40)38-28-29-43-42-22-8-10-27-47(42)56-48(43)32-38/h1-11,13-20,22-32,50-51,53-54H,12,21,33,52H2. The summed E-state index contributed by atoms with van der Waals surface area (Å²) < 4.78 is 8.76. The number of nitrogens with zero attached hydrogens (tertiary/aromatic N) is 1. The topological polar surface area (TPSA) is 68.2 Å². The summed E-state index contributed by atoms with van der Waals surface area (Å²) in [5.41, 5.74) is 20.4. The number of fused-ring (bicyclic) bond motifs is 6. The molecule has 1 aliphatic carbocycles. The summed E-state index contributed by atoms with van der Waals surface area (Å²) in [6.45, 7) is 0.668.